The summed E-state index contributed by atoms with van der Waals surface area (Å²) in [7, 11) is 0. The molecule has 2 heterocycles. The number of pyridine rings is 1. The zero-order chi connectivity index (χ0) is 13.1. The molecule has 3 aromatic rings. The second-order valence-corrected chi connectivity index (χ2v) is 4.42. The average molecular weight is 252 g/mol. The minimum atomic E-state index is 0.852. The minimum Gasteiger partial charge on any atom is -0.313 e. The lowest BCUT2D eigenvalue weighted by Crippen LogP contribution is -2.12. The molecule has 4 nitrogen and oxygen atoms in total. The van der Waals surface area contributed by atoms with Crippen LogP contribution in [-0.4, -0.2) is 21.3 Å². The number of nitrogens with zero attached hydrogens (tertiary/aromatic N) is 3. The molecule has 19 heavy (non-hydrogen) atoms. The van der Waals surface area contributed by atoms with Gasteiger partial charge in [-0.1, -0.05) is 25.1 Å². The fourth-order valence-corrected chi connectivity index (χ4v) is 2.11. The van der Waals surface area contributed by atoms with E-state index in [1.165, 1.54) is 5.56 Å². The van der Waals surface area contributed by atoms with E-state index in [9.17, 15) is 0 Å². The third-order valence-electron chi connectivity index (χ3n) is 3.08. The Bertz CT molecular complexity index is 687. The normalized spacial score (nSPS) is 11.0. The number of fused-ring (bicyclic) bond motifs is 1. The molecule has 0 fully saturated rings. The van der Waals surface area contributed by atoms with Crippen molar-refractivity contribution in [2.75, 3.05) is 6.54 Å². The van der Waals surface area contributed by atoms with Crippen molar-refractivity contribution in [2.24, 2.45) is 0 Å². The van der Waals surface area contributed by atoms with Crippen molar-refractivity contribution in [3.8, 4) is 5.82 Å². The number of hydrogen-bond donors (Lipinski definition) is 1. The molecule has 0 amide bonds. The second-order valence-electron chi connectivity index (χ2n) is 4.42. The Morgan fingerprint density at radius 1 is 1.21 bits per heavy atom. The molecule has 4 heteroatoms. The van der Waals surface area contributed by atoms with E-state index in [4.69, 9.17) is 0 Å². The van der Waals surface area contributed by atoms with Gasteiger partial charge >= 0.3 is 0 Å². The first-order chi connectivity index (χ1) is 9.38. The van der Waals surface area contributed by atoms with E-state index in [-0.39, 0.29) is 0 Å². The van der Waals surface area contributed by atoms with Crippen molar-refractivity contribution in [3.63, 3.8) is 0 Å². The van der Waals surface area contributed by atoms with Crippen LogP contribution < -0.4 is 5.32 Å². The molecule has 0 spiro atoms. The van der Waals surface area contributed by atoms with Gasteiger partial charge in [-0.05, 0) is 30.3 Å². The highest BCUT2D eigenvalue weighted by Gasteiger charge is 2.05. The van der Waals surface area contributed by atoms with Gasteiger partial charge in [0.1, 0.15) is 0 Å². The quantitative estimate of drug-likeness (QED) is 0.776. The Labute approximate surface area is 112 Å². The first-order valence-corrected chi connectivity index (χ1v) is 6.47. The molecule has 0 aliphatic carbocycles. The van der Waals surface area contributed by atoms with E-state index in [1.54, 1.807) is 0 Å². The molecule has 0 aliphatic heterocycles. The number of hydrogen-bond acceptors (Lipinski definition) is 3. The molecule has 1 aromatic carbocycles. The third-order valence-corrected chi connectivity index (χ3v) is 3.08. The van der Waals surface area contributed by atoms with Crippen LogP contribution in [-0.2, 0) is 6.54 Å². The maximum absolute atomic E-state index is 4.42. The molecule has 0 bridgehead atoms. The van der Waals surface area contributed by atoms with Gasteiger partial charge in [-0.15, -0.1) is 0 Å². The number of nitrogens with one attached hydrogen (secondary N) is 1. The Kier molecular flexibility index (Phi) is 3.25. The highest BCUT2D eigenvalue weighted by atomic mass is 15.3. The van der Waals surface area contributed by atoms with Crippen LogP contribution in [0.15, 0.2) is 48.8 Å². The van der Waals surface area contributed by atoms with Crippen molar-refractivity contribution in [1.82, 2.24) is 20.1 Å². The van der Waals surface area contributed by atoms with E-state index >= 15 is 0 Å². The van der Waals surface area contributed by atoms with Crippen LogP contribution in [0, 0.1) is 0 Å². The maximum Gasteiger partial charge on any atom is 0.154 e. The molecule has 3 rings (SSSR count). The molecule has 0 radical (unpaired) electrons. The molecule has 2 aromatic heterocycles. The van der Waals surface area contributed by atoms with Crippen molar-refractivity contribution in [2.45, 2.75) is 13.5 Å². The number of rotatable bonds is 4. The van der Waals surface area contributed by atoms with Crippen LogP contribution in [0.5, 0.6) is 0 Å². The lowest BCUT2D eigenvalue weighted by atomic mass is 10.2. The molecular weight excluding hydrogens is 236 g/mol. The predicted molar refractivity (Wildman–Crippen MR) is 76.2 cm³/mol. The molecular formula is C15H16N4. The van der Waals surface area contributed by atoms with Crippen LogP contribution in [0.3, 0.4) is 0 Å². The van der Waals surface area contributed by atoms with Crippen LogP contribution in [0.4, 0.5) is 0 Å². The lowest BCUT2D eigenvalue weighted by Gasteiger charge is -2.06. The van der Waals surface area contributed by atoms with E-state index < -0.39 is 0 Å². The highest BCUT2D eigenvalue weighted by Crippen LogP contribution is 2.17. The second kappa shape index (κ2) is 5.20. The van der Waals surface area contributed by atoms with Crippen molar-refractivity contribution in [1.29, 1.82) is 0 Å². The highest BCUT2D eigenvalue weighted by molar-refractivity contribution is 5.79. The predicted octanol–water partition coefficient (Wildman–Crippen LogP) is 2.53. The van der Waals surface area contributed by atoms with Crippen LogP contribution in [0.2, 0.25) is 0 Å². The topological polar surface area (TPSA) is 42.7 Å². The van der Waals surface area contributed by atoms with Crippen molar-refractivity contribution < 1.29 is 0 Å². The minimum absolute atomic E-state index is 0.852. The van der Waals surface area contributed by atoms with Gasteiger partial charge in [0, 0.05) is 18.1 Å². The smallest absolute Gasteiger partial charge is 0.154 e. The zero-order valence-corrected chi connectivity index (χ0v) is 10.9. The Morgan fingerprint density at radius 3 is 3.00 bits per heavy atom. The van der Waals surface area contributed by atoms with Gasteiger partial charge in [-0.3, -0.25) is 0 Å². The summed E-state index contributed by atoms with van der Waals surface area (Å²) in [5, 5.41) is 8.86. The fraction of sp³-hybridized carbons (Fsp3) is 0.200. The summed E-state index contributed by atoms with van der Waals surface area (Å²) in [5.41, 5.74) is 2.29. The van der Waals surface area contributed by atoms with Gasteiger partial charge in [0.25, 0.3) is 0 Å². The molecule has 0 saturated carbocycles. The lowest BCUT2D eigenvalue weighted by molar-refractivity contribution is 0.724. The van der Waals surface area contributed by atoms with E-state index in [2.05, 4.69) is 40.5 Å². The molecule has 0 saturated heterocycles. The van der Waals surface area contributed by atoms with Crippen LogP contribution >= 0.6 is 0 Å². The molecule has 0 atom stereocenters. The first-order valence-electron chi connectivity index (χ1n) is 6.47. The number of aromatic nitrogens is 3. The van der Waals surface area contributed by atoms with Gasteiger partial charge in [-0.25, -0.2) is 9.67 Å². The van der Waals surface area contributed by atoms with Crippen molar-refractivity contribution in [3.05, 3.63) is 54.4 Å². The summed E-state index contributed by atoms with van der Waals surface area (Å²) >= 11 is 0. The zero-order valence-electron chi connectivity index (χ0n) is 10.9. The third kappa shape index (κ3) is 2.35. The fourth-order valence-electron chi connectivity index (χ4n) is 2.11. The summed E-state index contributed by atoms with van der Waals surface area (Å²) in [6.45, 7) is 3.91. The van der Waals surface area contributed by atoms with Gasteiger partial charge in [0.05, 0.1) is 11.7 Å². The summed E-state index contributed by atoms with van der Waals surface area (Å²) < 4.78 is 1.88. The summed E-state index contributed by atoms with van der Waals surface area (Å²) in [5.74, 6) is 0.858. The van der Waals surface area contributed by atoms with Gasteiger partial charge in [-0.2, -0.15) is 5.10 Å². The van der Waals surface area contributed by atoms with Crippen molar-refractivity contribution >= 4 is 10.9 Å². The first kappa shape index (κ1) is 11.9. The van der Waals surface area contributed by atoms with Gasteiger partial charge in [0.15, 0.2) is 5.82 Å². The molecule has 1 N–H and O–H groups in total. The average Bonchev–Trinajstić information content (AvgIpc) is 2.89. The SMILES string of the molecule is CCNCc1ccnc(-n2ncc3ccccc32)c1. The molecule has 0 unspecified atom stereocenters. The maximum atomic E-state index is 4.42. The van der Waals surface area contributed by atoms with E-state index in [0.717, 1.165) is 29.8 Å². The summed E-state index contributed by atoms with van der Waals surface area (Å²) in [4.78, 5) is 4.41. The van der Waals surface area contributed by atoms with Crippen LogP contribution in [0.25, 0.3) is 16.7 Å². The number of benzene rings is 1. The monoisotopic (exact) mass is 252 g/mol. The Balaban J connectivity index is 2.01. The largest absolute Gasteiger partial charge is 0.313 e. The molecule has 0 aliphatic rings. The van der Waals surface area contributed by atoms with E-state index in [0.29, 0.717) is 0 Å². The Morgan fingerprint density at radius 2 is 2.11 bits per heavy atom. The number of para-hydroxylation sites is 1. The summed E-state index contributed by atoms with van der Waals surface area (Å²) in [6, 6.07) is 12.2. The standard InChI is InChI=1S/C15H16N4/c1-2-16-10-12-7-8-17-15(9-12)19-14-6-4-3-5-13(14)11-18-19/h3-9,11,16H,2,10H2,1H3. The Hall–Kier alpha value is -2.20. The van der Waals surface area contributed by atoms with Crippen LogP contribution in [0.1, 0.15) is 12.5 Å². The molecule has 96 valence electrons. The van der Waals surface area contributed by atoms with E-state index in [1.807, 2.05) is 35.3 Å². The summed E-state index contributed by atoms with van der Waals surface area (Å²) in [6.07, 6.45) is 3.70. The van der Waals surface area contributed by atoms with Gasteiger partial charge in [0.2, 0.25) is 0 Å². The van der Waals surface area contributed by atoms with Gasteiger partial charge < -0.3 is 5.32 Å².